The molecular weight excluding hydrogens is 668 g/mol. The molecule has 0 aliphatic heterocycles. The summed E-state index contributed by atoms with van der Waals surface area (Å²) >= 11 is 0. The lowest BCUT2D eigenvalue weighted by molar-refractivity contribution is -0.235. The molecule has 4 saturated carbocycles. The molecule has 1 amide bonds. The summed E-state index contributed by atoms with van der Waals surface area (Å²) in [6.45, 7) is 19.5. The van der Waals surface area contributed by atoms with E-state index in [4.69, 9.17) is 4.74 Å². The molecule has 9 atom stereocenters. The zero-order valence-electron chi connectivity index (χ0n) is 33.9. The van der Waals surface area contributed by atoms with Gasteiger partial charge in [0.05, 0.1) is 17.9 Å². The molecule has 53 heavy (non-hydrogen) atoms. The number of aliphatic hydroxyl groups is 1. The first-order valence-corrected chi connectivity index (χ1v) is 20.1. The minimum Gasteiger partial charge on any atom is -0.481 e. The van der Waals surface area contributed by atoms with Gasteiger partial charge < -0.3 is 19.8 Å². The van der Waals surface area contributed by atoms with Crippen molar-refractivity contribution < 1.29 is 34.1 Å². The van der Waals surface area contributed by atoms with Crippen LogP contribution in [0, 0.1) is 56.2 Å². The lowest BCUT2D eigenvalue weighted by atomic mass is 9.33. The van der Waals surface area contributed by atoms with Gasteiger partial charge in [-0.3, -0.25) is 24.2 Å². The predicted octanol–water partition coefficient (Wildman–Crippen LogP) is 7.91. The Bertz CT molecular complexity index is 1680. The van der Waals surface area contributed by atoms with Crippen molar-refractivity contribution in [2.75, 3.05) is 13.6 Å². The molecule has 5 aliphatic rings. The number of hydrogen-bond donors (Lipinski definition) is 2. The summed E-state index contributed by atoms with van der Waals surface area (Å²) in [7, 11) is 1.73. The van der Waals surface area contributed by atoms with Crippen LogP contribution >= 0.6 is 0 Å². The Morgan fingerprint density at radius 1 is 0.943 bits per heavy atom. The number of nitrogens with zero attached hydrogens (tertiary/aromatic N) is 2. The minimum absolute atomic E-state index is 0.00177. The highest BCUT2D eigenvalue weighted by Gasteiger charge is 2.71. The van der Waals surface area contributed by atoms with Crippen LogP contribution in [0.5, 0.6) is 0 Å². The number of fused-ring (bicyclic) bond motifs is 7. The van der Waals surface area contributed by atoms with Crippen LogP contribution in [0.3, 0.4) is 0 Å². The van der Waals surface area contributed by atoms with Crippen molar-refractivity contribution in [1.82, 2.24) is 9.88 Å². The summed E-state index contributed by atoms with van der Waals surface area (Å²) in [4.78, 5) is 57.9. The third-order valence-electron chi connectivity index (χ3n) is 16.2. The number of likely N-dealkylation sites (N-methyl/N-ethyl adjacent to an activating group) is 1. The highest BCUT2D eigenvalue weighted by atomic mass is 16.5. The van der Waals surface area contributed by atoms with Crippen molar-refractivity contribution in [1.29, 1.82) is 0 Å². The maximum Gasteiger partial charge on any atom is 0.309 e. The number of ketones is 1. The number of carboxylic acids is 1. The quantitative estimate of drug-likeness (QED) is 0.245. The Morgan fingerprint density at radius 2 is 1.60 bits per heavy atom. The molecule has 9 nitrogen and oxygen atoms in total. The lowest BCUT2D eigenvalue weighted by Crippen LogP contribution is -2.66. The van der Waals surface area contributed by atoms with E-state index in [-0.39, 0.29) is 64.3 Å². The van der Waals surface area contributed by atoms with Crippen LogP contribution in [0.2, 0.25) is 0 Å². The molecule has 1 heterocycles. The Hall–Kier alpha value is -3.07. The molecule has 4 fully saturated rings. The number of allylic oxidation sites excluding steroid dienone is 1. The number of ether oxygens (including phenoxy) is 1. The molecule has 0 radical (unpaired) electrons. The molecule has 2 N–H and O–H groups in total. The van der Waals surface area contributed by atoms with E-state index in [0.29, 0.717) is 30.2 Å². The number of aliphatic carboxylic acids is 1. The van der Waals surface area contributed by atoms with E-state index in [0.717, 1.165) is 50.5 Å². The van der Waals surface area contributed by atoms with Crippen molar-refractivity contribution in [3.05, 3.63) is 41.2 Å². The van der Waals surface area contributed by atoms with Crippen LogP contribution in [-0.2, 0) is 19.1 Å². The maximum absolute atomic E-state index is 14.1. The van der Waals surface area contributed by atoms with Gasteiger partial charge in [-0.25, -0.2) is 0 Å². The van der Waals surface area contributed by atoms with Gasteiger partial charge in [0.15, 0.2) is 5.78 Å². The summed E-state index contributed by atoms with van der Waals surface area (Å²) in [5, 5.41) is 21.9. The fourth-order valence-electron chi connectivity index (χ4n) is 13.1. The van der Waals surface area contributed by atoms with Gasteiger partial charge in [0.1, 0.15) is 6.10 Å². The highest BCUT2D eigenvalue weighted by molar-refractivity contribution is 6.01. The van der Waals surface area contributed by atoms with Gasteiger partial charge in [-0.1, -0.05) is 54.0 Å². The smallest absolute Gasteiger partial charge is 0.309 e. The third kappa shape index (κ3) is 6.01. The second-order valence-electron chi connectivity index (χ2n) is 20.0. The van der Waals surface area contributed by atoms with E-state index in [1.807, 2.05) is 0 Å². The molecule has 0 spiro atoms. The molecule has 1 aromatic rings. The van der Waals surface area contributed by atoms with E-state index in [9.17, 15) is 29.4 Å². The zero-order valence-corrected chi connectivity index (χ0v) is 33.9. The molecule has 0 bridgehead atoms. The van der Waals surface area contributed by atoms with E-state index in [2.05, 4.69) is 53.5 Å². The van der Waals surface area contributed by atoms with Crippen LogP contribution in [0.15, 0.2) is 35.7 Å². The van der Waals surface area contributed by atoms with Gasteiger partial charge in [-0.15, -0.1) is 0 Å². The van der Waals surface area contributed by atoms with Gasteiger partial charge in [0.25, 0.3) is 5.91 Å². The topological polar surface area (TPSA) is 134 Å². The van der Waals surface area contributed by atoms with Crippen molar-refractivity contribution in [2.24, 2.45) is 56.2 Å². The fraction of sp³-hybridized carbons (Fsp3) is 0.750. The number of esters is 1. The standard InChI is InChI=1S/C44H64N2O7/c1-26(2)35-29(47)23-44(32(48)25-46(10)37(50)27-15-21-45-22-16-27)20-19-42(8)28(36(35)44)11-12-31-41(7)17-14-33(53-34(49)24-39(3,4)38(51)52)40(5,6)30(41)13-18-43(31,42)9/h15-16,21-22,26,28,30-33,48H,11-14,17-20,23-25H2,1-10H3,(H,51,52)/t28-,30+,31-,32+,33+,41+,42-,43-,44+/m1/s1. The third-order valence-corrected chi connectivity index (χ3v) is 16.2. The Labute approximate surface area is 316 Å². The number of Topliss-reactive ketones (excluding diaryl/α,β-unsaturated/α-hetero) is 1. The average molecular weight is 733 g/mol. The largest absolute Gasteiger partial charge is 0.481 e. The molecule has 1 aromatic heterocycles. The number of carboxylic acid groups (broad SMARTS) is 1. The summed E-state index contributed by atoms with van der Waals surface area (Å²) in [6, 6.07) is 3.38. The van der Waals surface area contributed by atoms with Gasteiger partial charge in [-0.2, -0.15) is 0 Å². The molecule has 0 saturated heterocycles. The van der Waals surface area contributed by atoms with Gasteiger partial charge >= 0.3 is 11.9 Å². The summed E-state index contributed by atoms with van der Waals surface area (Å²) in [5.74, 6) is -0.459. The second kappa shape index (κ2) is 13.3. The second-order valence-corrected chi connectivity index (χ2v) is 20.0. The van der Waals surface area contributed by atoms with E-state index >= 15 is 0 Å². The predicted molar refractivity (Wildman–Crippen MR) is 203 cm³/mol. The van der Waals surface area contributed by atoms with E-state index in [1.165, 1.54) is 5.57 Å². The van der Waals surface area contributed by atoms with Gasteiger partial charge in [-0.05, 0) is 123 Å². The van der Waals surface area contributed by atoms with Crippen LogP contribution in [0.1, 0.15) is 137 Å². The zero-order chi connectivity index (χ0) is 39.1. The Kier molecular flexibility index (Phi) is 9.94. The minimum atomic E-state index is -1.18. The normalized spacial score (nSPS) is 36.9. The summed E-state index contributed by atoms with van der Waals surface area (Å²) in [6.07, 6.45) is 9.59. The maximum atomic E-state index is 14.1. The summed E-state index contributed by atoms with van der Waals surface area (Å²) < 4.78 is 6.15. The SMILES string of the molecule is CC(C)C1=C2[C@H]3CC[C@@H]4[C@@]5(C)CC[C@H](OC(=O)CC(C)(C)C(=O)O)C(C)(C)[C@@H]5CC[C@@]4(C)[C@]3(C)CC[C@@]2([C@@H](O)CN(C)C(=O)c2ccncc2)CC1=O. The molecule has 5 aliphatic carbocycles. The van der Waals surface area contributed by atoms with E-state index in [1.54, 1.807) is 50.3 Å². The molecule has 292 valence electrons. The fourth-order valence-corrected chi connectivity index (χ4v) is 13.1. The number of aliphatic hydroxyl groups excluding tert-OH is 1. The van der Waals surface area contributed by atoms with Gasteiger partial charge in [0, 0.05) is 48.8 Å². The number of carbonyl (C=O) groups is 4. The molecule has 6 rings (SSSR count). The van der Waals surface area contributed by atoms with Crippen LogP contribution in [0.4, 0.5) is 0 Å². The number of pyridine rings is 1. The van der Waals surface area contributed by atoms with Crippen molar-refractivity contribution >= 4 is 23.6 Å². The van der Waals surface area contributed by atoms with Crippen molar-refractivity contribution in [3.63, 3.8) is 0 Å². The average Bonchev–Trinajstić information content (AvgIpc) is 3.39. The Balaban J connectivity index is 1.28. The lowest BCUT2D eigenvalue weighted by Gasteiger charge is -2.72. The number of rotatable bonds is 9. The van der Waals surface area contributed by atoms with Crippen LogP contribution < -0.4 is 0 Å². The highest BCUT2D eigenvalue weighted by Crippen LogP contribution is 2.77. The Morgan fingerprint density at radius 3 is 2.23 bits per heavy atom. The number of amides is 1. The molecule has 0 unspecified atom stereocenters. The van der Waals surface area contributed by atoms with Crippen LogP contribution in [0.25, 0.3) is 0 Å². The molecule has 9 heteroatoms. The first-order chi connectivity index (χ1) is 24.6. The first-order valence-electron chi connectivity index (χ1n) is 20.1. The monoisotopic (exact) mass is 732 g/mol. The van der Waals surface area contributed by atoms with Gasteiger partial charge in [0.2, 0.25) is 0 Å². The summed E-state index contributed by atoms with van der Waals surface area (Å²) in [5.41, 5.74) is 0.440. The van der Waals surface area contributed by atoms with Crippen molar-refractivity contribution in [3.8, 4) is 0 Å². The number of carbonyl (C=O) groups excluding carboxylic acids is 3. The van der Waals surface area contributed by atoms with Crippen LogP contribution in [-0.4, -0.2) is 69.5 Å². The number of hydrogen-bond acceptors (Lipinski definition) is 7. The van der Waals surface area contributed by atoms with Crippen molar-refractivity contribution in [2.45, 2.75) is 139 Å². The first kappa shape index (κ1) is 39.6. The van der Waals surface area contributed by atoms with E-state index < -0.39 is 28.9 Å². The molecule has 0 aromatic carbocycles. The molecular formula is C44H64N2O7. The number of aromatic nitrogens is 1.